The highest BCUT2D eigenvalue weighted by Gasteiger charge is 2.21. The zero-order valence-electron chi connectivity index (χ0n) is 11.2. The fourth-order valence-electron chi connectivity index (χ4n) is 1.90. The number of methoxy groups -OCH3 is 1. The maximum atomic E-state index is 11.4. The van der Waals surface area contributed by atoms with Crippen molar-refractivity contribution < 1.29 is 19.4 Å². The maximum absolute atomic E-state index is 11.4. The number of hydrogen-bond donors (Lipinski definition) is 1. The third kappa shape index (κ3) is 3.59. The number of ether oxygens (including phenoxy) is 2. The first kappa shape index (κ1) is 14.1. The summed E-state index contributed by atoms with van der Waals surface area (Å²) in [5.74, 6) is -0.510. The second-order valence-electron chi connectivity index (χ2n) is 4.33. The van der Waals surface area contributed by atoms with Crippen molar-refractivity contribution in [2.24, 2.45) is 0 Å². The molecular formula is C16H16O4. The van der Waals surface area contributed by atoms with Gasteiger partial charge in [-0.1, -0.05) is 42.5 Å². The Balaban J connectivity index is 2.21. The first-order valence-electron chi connectivity index (χ1n) is 6.23. The zero-order chi connectivity index (χ0) is 14.4. The van der Waals surface area contributed by atoms with Gasteiger partial charge in [0.15, 0.2) is 0 Å². The zero-order valence-corrected chi connectivity index (χ0v) is 11.2. The Hall–Kier alpha value is -2.33. The minimum Gasteiger partial charge on any atom is -0.478 e. The van der Waals surface area contributed by atoms with E-state index in [1.807, 2.05) is 18.2 Å². The normalized spacial score (nSPS) is 11.8. The first-order chi connectivity index (χ1) is 9.70. The van der Waals surface area contributed by atoms with Gasteiger partial charge in [-0.25, -0.2) is 4.79 Å². The van der Waals surface area contributed by atoms with Crippen molar-refractivity contribution in [2.45, 2.75) is 12.7 Å². The highest BCUT2D eigenvalue weighted by Crippen LogP contribution is 2.23. The van der Waals surface area contributed by atoms with Gasteiger partial charge in [-0.3, -0.25) is 0 Å². The minimum absolute atomic E-state index is 0.459. The number of benzene rings is 2. The standard InChI is InChI=1S/C16H16O4/c1-19-11-12-6-5-9-14(10-12)20-15(16(17)18)13-7-3-2-4-8-13/h2-10,15H,11H2,1H3,(H,17,18). The summed E-state index contributed by atoms with van der Waals surface area (Å²) in [5, 5.41) is 9.31. The van der Waals surface area contributed by atoms with Crippen molar-refractivity contribution in [3.05, 3.63) is 65.7 Å². The molecule has 0 spiro atoms. The molecular weight excluding hydrogens is 256 g/mol. The number of carboxylic acids is 1. The van der Waals surface area contributed by atoms with Crippen LogP contribution in [0.25, 0.3) is 0 Å². The SMILES string of the molecule is COCc1cccc(OC(C(=O)O)c2ccccc2)c1. The van der Waals surface area contributed by atoms with Crippen LogP contribution in [-0.4, -0.2) is 18.2 Å². The quantitative estimate of drug-likeness (QED) is 0.878. The lowest BCUT2D eigenvalue weighted by molar-refractivity contribution is -0.145. The number of rotatable bonds is 6. The van der Waals surface area contributed by atoms with Crippen LogP contribution in [0.4, 0.5) is 0 Å². The van der Waals surface area contributed by atoms with E-state index in [0.29, 0.717) is 17.9 Å². The van der Waals surface area contributed by atoms with Gasteiger partial charge in [-0.2, -0.15) is 0 Å². The first-order valence-corrected chi connectivity index (χ1v) is 6.23. The van der Waals surface area contributed by atoms with Gasteiger partial charge >= 0.3 is 5.97 Å². The molecule has 0 saturated heterocycles. The predicted octanol–water partition coefficient (Wildman–Crippen LogP) is 3.04. The highest BCUT2D eigenvalue weighted by atomic mass is 16.5. The summed E-state index contributed by atoms with van der Waals surface area (Å²) >= 11 is 0. The fraction of sp³-hybridized carbons (Fsp3) is 0.188. The van der Waals surface area contributed by atoms with E-state index in [2.05, 4.69) is 0 Å². The smallest absolute Gasteiger partial charge is 0.349 e. The average Bonchev–Trinajstić information content (AvgIpc) is 2.46. The summed E-state index contributed by atoms with van der Waals surface area (Å²) in [6.45, 7) is 0.459. The Bertz CT molecular complexity index is 566. The molecule has 0 aliphatic carbocycles. The minimum atomic E-state index is -1.02. The molecule has 0 heterocycles. The Morgan fingerprint density at radius 3 is 2.55 bits per heavy atom. The van der Waals surface area contributed by atoms with Crippen LogP contribution in [-0.2, 0) is 16.1 Å². The molecule has 0 aliphatic rings. The van der Waals surface area contributed by atoms with Gasteiger partial charge in [0.25, 0.3) is 0 Å². The summed E-state index contributed by atoms with van der Waals surface area (Å²) in [6.07, 6.45) is -1.02. The molecule has 0 aromatic heterocycles. The summed E-state index contributed by atoms with van der Waals surface area (Å²) in [6, 6.07) is 16.1. The molecule has 4 nitrogen and oxygen atoms in total. The molecule has 2 aromatic carbocycles. The van der Waals surface area contributed by atoms with Crippen LogP contribution in [0.3, 0.4) is 0 Å². The Morgan fingerprint density at radius 2 is 1.90 bits per heavy atom. The lowest BCUT2D eigenvalue weighted by atomic mass is 10.1. The number of carboxylic acid groups (broad SMARTS) is 1. The van der Waals surface area contributed by atoms with Gasteiger partial charge in [-0.05, 0) is 17.7 Å². The summed E-state index contributed by atoms with van der Waals surface area (Å²) in [7, 11) is 1.61. The van der Waals surface area contributed by atoms with Crippen LogP contribution >= 0.6 is 0 Å². The van der Waals surface area contributed by atoms with Gasteiger partial charge in [0, 0.05) is 12.7 Å². The van der Waals surface area contributed by atoms with E-state index in [1.54, 1.807) is 43.5 Å². The van der Waals surface area contributed by atoms with Gasteiger partial charge in [0.2, 0.25) is 6.10 Å². The molecule has 20 heavy (non-hydrogen) atoms. The van der Waals surface area contributed by atoms with Crippen molar-refractivity contribution in [2.75, 3.05) is 7.11 Å². The van der Waals surface area contributed by atoms with Gasteiger partial charge < -0.3 is 14.6 Å². The fourth-order valence-corrected chi connectivity index (χ4v) is 1.90. The van der Waals surface area contributed by atoms with Crippen molar-refractivity contribution in [1.82, 2.24) is 0 Å². The van der Waals surface area contributed by atoms with Crippen molar-refractivity contribution in [1.29, 1.82) is 0 Å². The maximum Gasteiger partial charge on any atom is 0.349 e. The average molecular weight is 272 g/mol. The van der Waals surface area contributed by atoms with Gasteiger partial charge in [0.1, 0.15) is 5.75 Å². The van der Waals surface area contributed by atoms with E-state index in [1.165, 1.54) is 0 Å². The molecule has 0 aliphatic heterocycles. The van der Waals surface area contributed by atoms with E-state index >= 15 is 0 Å². The van der Waals surface area contributed by atoms with Crippen LogP contribution in [0.2, 0.25) is 0 Å². The van der Waals surface area contributed by atoms with Crippen LogP contribution in [0, 0.1) is 0 Å². The Morgan fingerprint density at radius 1 is 1.15 bits per heavy atom. The summed E-state index contributed by atoms with van der Waals surface area (Å²) in [4.78, 5) is 11.4. The van der Waals surface area contributed by atoms with E-state index in [-0.39, 0.29) is 0 Å². The Kier molecular flexibility index (Phi) is 4.74. The van der Waals surface area contributed by atoms with E-state index in [4.69, 9.17) is 9.47 Å². The van der Waals surface area contributed by atoms with E-state index in [0.717, 1.165) is 5.56 Å². The van der Waals surface area contributed by atoms with Crippen LogP contribution in [0.1, 0.15) is 17.2 Å². The molecule has 4 heteroatoms. The van der Waals surface area contributed by atoms with Crippen molar-refractivity contribution in [3.63, 3.8) is 0 Å². The van der Waals surface area contributed by atoms with Crippen LogP contribution < -0.4 is 4.74 Å². The molecule has 2 aromatic rings. The largest absolute Gasteiger partial charge is 0.478 e. The summed E-state index contributed by atoms with van der Waals surface area (Å²) < 4.78 is 10.6. The third-order valence-electron chi connectivity index (χ3n) is 2.79. The second-order valence-corrected chi connectivity index (χ2v) is 4.33. The predicted molar refractivity (Wildman–Crippen MR) is 74.6 cm³/mol. The van der Waals surface area contributed by atoms with Crippen molar-refractivity contribution in [3.8, 4) is 5.75 Å². The lowest BCUT2D eigenvalue weighted by Gasteiger charge is -2.16. The molecule has 0 radical (unpaired) electrons. The molecule has 0 saturated carbocycles. The number of carbonyl (C=O) groups is 1. The molecule has 1 atom stereocenters. The van der Waals surface area contributed by atoms with Crippen LogP contribution in [0.15, 0.2) is 54.6 Å². The highest BCUT2D eigenvalue weighted by molar-refractivity contribution is 5.74. The van der Waals surface area contributed by atoms with Crippen molar-refractivity contribution >= 4 is 5.97 Å². The van der Waals surface area contributed by atoms with Gasteiger partial charge in [0.05, 0.1) is 6.61 Å². The molecule has 0 amide bonds. The molecule has 104 valence electrons. The van der Waals surface area contributed by atoms with E-state index in [9.17, 15) is 9.90 Å². The lowest BCUT2D eigenvalue weighted by Crippen LogP contribution is -2.18. The molecule has 1 unspecified atom stereocenters. The number of hydrogen-bond acceptors (Lipinski definition) is 3. The molecule has 1 N–H and O–H groups in total. The number of aliphatic carboxylic acids is 1. The monoisotopic (exact) mass is 272 g/mol. The van der Waals surface area contributed by atoms with E-state index < -0.39 is 12.1 Å². The van der Waals surface area contributed by atoms with Crippen LogP contribution in [0.5, 0.6) is 5.75 Å². The second kappa shape index (κ2) is 6.73. The molecule has 0 fully saturated rings. The molecule has 2 rings (SSSR count). The Labute approximate surface area is 117 Å². The topological polar surface area (TPSA) is 55.8 Å². The third-order valence-corrected chi connectivity index (χ3v) is 2.79. The summed E-state index contributed by atoms with van der Waals surface area (Å²) in [5.41, 5.74) is 1.54. The van der Waals surface area contributed by atoms with Gasteiger partial charge in [-0.15, -0.1) is 0 Å². The molecule has 0 bridgehead atoms.